The molecule has 0 bridgehead atoms. The maximum absolute atomic E-state index is 13.1. The van der Waals surface area contributed by atoms with Gasteiger partial charge in [0.25, 0.3) is 0 Å². The van der Waals surface area contributed by atoms with E-state index in [1.54, 1.807) is 12.1 Å². The van der Waals surface area contributed by atoms with Crippen LogP contribution in [0.4, 0.5) is 5.82 Å². The number of furan rings is 1. The van der Waals surface area contributed by atoms with Crippen molar-refractivity contribution in [3.63, 3.8) is 0 Å². The Morgan fingerprint density at radius 2 is 1.70 bits per heavy atom. The summed E-state index contributed by atoms with van der Waals surface area (Å²) in [6, 6.07) is 15.9. The van der Waals surface area contributed by atoms with Gasteiger partial charge in [0.2, 0.25) is 10.0 Å². The number of hydrogen-bond donors (Lipinski definition) is 0. The van der Waals surface area contributed by atoms with Gasteiger partial charge in [-0.15, -0.1) is 0 Å². The van der Waals surface area contributed by atoms with Crippen LogP contribution in [0.25, 0.3) is 22.1 Å². The maximum atomic E-state index is 13.1. The van der Waals surface area contributed by atoms with Crippen molar-refractivity contribution in [2.24, 2.45) is 0 Å². The molecule has 2 aromatic heterocycles. The zero-order valence-corrected chi connectivity index (χ0v) is 16.7. The summed E-state index contributed by atoms with van der Waals surface area (Å²) in [5.74, 6) is 0.658. The average molecular weight is 419 g/mol. The standard InChI is InChI=1S/C21H17N5O3S/c22-13-15-5-1-4-8-18(15)30(27,28)26-11-9-25(10-12-26)21-20-19(23-14-24-21)16-6-2-3-7-17(16)29-20/h1-8,14H,9-12H2. The Balaban J connectivity index is 1.43. The third kappa shape index (κ3) is 2.89. The number of fused-ring (bicyclic) bond motifs is 3. The van der Waals surface area contributed by atoms with E-state index in [9.17, 15) is 13.7 Å². The minimum atomic E-state index is -3.75. The van der Waals surface area contributed by atoms with Crippen LogP contribution >= 0.6 is 0 Å². The van der Waals surface area contributed by atoms with Crippen molar-refractivity contribution in [1.29, 1.82) is 5.26 Å². The fraction of sp³-hybridized carbons (Fsp3) is 0.190. The van der Waals surface area contributed by atoms with Crippen molar-refractivity contribution >= 4 is 37.9 Å². The molecule has 150 valence electrons. The van der Waals surface area contributed by atoms with Gasteiger partial charge in [0.15, 0.2) is 11.4 Å². The number of benzene rings is 2. The molecule has 1 aliphatic heterocycles. The Hall–Kier alpha value is -3.48. The lowest BCUT2D eigenvalue weighted by molar-refractivity contribution is 0.383. The van der Waals surface area contributed by atoms with Crippen molar-refractivity contribution in [2.75, 3.05) is 31.1 Å². The number of hydrogen-bond acceptors (Lipinski definition) is 7. The summed E-state index contributed by atoms with van der Waals surface area (Å²) < 4.78 is 33.5. The van der Waals surface area contributed by atoms with E-state index in [4.69, 9.17) is 4.42 Å². The number of rotatable bonds is 3. The van der Waals surface area contributed by atoms with Gasteiger partial charge >= 0.3 is 0 Å². The van der Waals surface area contributed by atoms with Crippen molar-refractivity contribution in [2.45, 2.75) is 4.90 Å². The van der Waals surface area contributed by atoms with Crippen LogP contribution in [-0.4, -0.2) is 48.9 Å². The van der Waals surface area contributed by atoms with Gasteiger partial charge in [0, 0.05) is 31.6 Å². The first-order chi connectivity index (χ1) is 14.6. The van der Waals surface area contributed by atoms with Crippen LogP contribution in [0.15, 0.2) is 64.2 Å². The molecule has 0 unspecified atom stereocenters. The smallest absolute Gasteiger partial charge is 0.244 e. The van der Waals surface area contributed by atoms with Crippen LogP contribution in [0.1, 0.15) is 5.56 Å². The molecule has 30 heavy (non-hydrogen) atoms. The molecule has 0 radical (unpaired) electrons. The van der Waals surface area contributed by atoms with Crippen LogP contribution in [0.3, 0.4) is 0 Å². The largest absolute Gasteiger partial charge is 0.450 e. The first-order valence-corrected chi connectivity index (χ1v) is 10.9. The predicted octanol–water partition coefficient (Wildman–Crippen LogP) is 2.76. The summed E-state index contributed by atoms with van der Waals surface area (Å²) in [5, 5.41) is 10.2. The second kappa shape index (κ2) is 7.09. The van der Waals surface area contributed by atoms with Crippen molar-refractivity contribution < 1.29 is 12.8 Å². The molecule has 8 nitrogen and oxygen atoms in total. The Morgan fingerprint density at radius 1 is 0.967 bits per heavy atom. The number of piperazine rings is 1. The molecule has 2 aromatic carbocycles. The Labute approximate surface area is 173 Å². The van der Waals surface area contributed by atoms with Gasteiger partial charge < -0.3 is 9.32 Å². The third-order valence-electron chi connectivity index (χ3n) is 5.30. The van der Waals surface area contributed by atoms with E-state index in [0.717, 1.165) is 16.5 Å². The van der Waals surface area contributed by atoms with Gasteiger partial charge in [-0.05, 0) is 24.3 Å². The Morgan fingerprint density at radius 3 is 2.50 bits per heavy atom. The summed E-state index contributed by atoms with van der Waals surface area (Å²) in [6.45, 7) is 1.48. The van der Waals surface area contributed by atoms with Crippen molar-refractivity contribution in [3.8, 4) is 6.07 Å². The van der Waals surface area contributed by atoms with Gasteiger partial charge in [-0.1, -0.05) is 24.3 Å². The normalized spacial score (nSPS) is 15.5. The van der Waals surface area contributed by atoms with Gasteiger partial charge in [-0.2, -0.15) is 9.57 Å². The predicted molar refractivity (Wildman–Crippen MR) is 111 cm³/mol. The minimum absolute atomic E-state index is 0.0441. The fourth-order valence-corrected chi connectivity index (χ4v) is 5.36. The summed E-state index contributed by atoms with van der Waals surface area (Å²) in [7, 11) is -3.75. The minimum Gasteiger partial charge on any atom is -0.450 e. The monoisotopic (exact) mass is 419 g/mol. The molecule has 4 aromatic rings. The number of aromatic nitrogens is 2. The fourth-order valence-electron chi connectivity index (χ4n) is 3.80. The molecule has 1 saturated heterocycles. The summed E-state index contributed by atoms with van der Waals surface area (Å²) in [6.07, 6.45) is 1.51. The number of sulfonamides is 1. The number of para-hydroxylation sites is 1. The highest BCUT2D eigenvalue weighted by Crippen LogP contribution is 2.32. The van der Waals surface area contributed by atoms with Crippen LogP contribution in [0, 0.1) is 11.3 Å². The molecule has 0 saturated carbocycles. The van der Waals surface area contributed by atoms with Crippen LogP contribution in [-0.2, 0) is 10.0 Å². The lowest BCUT2D eigenvalue weighted by atomic mass is 10.2. The number of nitriles is 1. The molecule has 0 amide bonds. The summed E-state index contributed by atoms with van der Waals surface area (Å²) in [5.41, 5.74) is 2.24. The zero-order chi connectivity index (χ0) is 20.7. The maximum Gasteiger partial charge on any atom is 0.244 e. The first-order valence-electron chi connectivity index (χ1n) is 9.46. The average Bonchev–Trinajstić information content (AvgIpc) is 3.18. The highest BCUT2D eigenvalue weighted by Gasteiger charge is 2.31. The Bertz CT molecular complexity index is 1400. The molecule has 1 aliphatic rings. The van der Waals surface area contributed by atoms with E-state index in [0.29, 0.717) is 24.5 Å². The van der Waals surface area contributed by atoms with E-state index < -0.39 is 10.0 Å². The Kier molecular flexibility index (Phi) is 4.38. The van der Waals surface area contributed by atoms with Crippen molar-refractivity contribution in [3.05, 3.63) is 60.4 Å². The molecule has 1 fully saturated rings. The highest BCUT2D eigenvalue weighted by molar-refractivity contribution is 7.89. The lowest BCUT2D eigenvalue weighted by Crippen LogP contribution is -2.49. The molecular weight excluding hydrogens is 402 g/mol. The summed E-state index contributed by atoms with van der Waals surface area (Å²) >= 11 is 0. The number of anilines is 1. The molecule has 3 heterocycles. The SMILES string of the molecule is N#Cc1ccccc1S(=O)(=O)N1CCN(c2ncnc3c2oc2ccccc23)CC1. The summed E-state index contributed by atoms with van der Waals surface area (Å²) in [4.78, 5) is 10.8. The molecular formula is C21H17N5O3S. The first kappa shape index (κ1) is 18.5. The van der Waals surface area contributed by atoms with Crippen LogP contribution in [0.5, 0.6) is 0 Å². The molecule has 0 atom stereocenters. The van der Waals surface area contributed by atoms with Crippen molar-refractivity contribution in [1.82, 2.24) is 14.3 Å². The second-order valence-electron chi connectivity index (χ2n) is 6.97. The van der Waals surface area contributed by atoms with Crippen LogP contribution in [0.2, 0.25) is 0 Å². The van der Waals surface area contributed by atoms with Gasteiger partial charge in [0.1, 0.15) is 23.5 Å². The van der Waals surface area contributed by atoms with E-state index in [1.807, 2.05) is 35.2 Å². The topological polar surface area (TPSA) is 103 Å². The lowest BCUT2D eigenvalue weighted by Gasteiger charge is -2.34. The molecule has 0 aliphatic carbocycles. The zero-order valence-electron chi connectivity index (χ0n) is 15.9. The molecule has 0 N–H and O–H groups in total. The number of nitrogens with zero attached hydrogens (tertiary/aromatic N) is 5. The quantitative estimate of drug-likeness (QED) is 0.503. The van der Waals surface area contributed by atoms with Gasteiger partial charge in [-0.3, -0.25) is 0 Å². The van der Waals surface area contributed by atoms with Gasteiger partial charge in [0.05, 0.1) is 10.5 Å². The third-order valence-corrected chi connectivity index (χ3v) is 7.26. The van der Waals surface area contributed by atoms with E-state index >= 15 is 0 Å². The van der Waals surface area contributed by atoms with Crippen LogP contribution < -0.4 is 4.90 Å². The van der Waals surface area contributed by atoms with E-state index in [2.05, 4.69) is 9.97 Å². The molecule has 5 rings (SSSR count). The highest BCUT2D eigenvalue weighted by atomic mass is 32.2. The van der Waals surface area contributed by atoms with Gasteiger partial charge in [-0.25, -0.2) is 18.4 Å². The van der Waals surface area contributed by atoms with E-state index in [1.165, 1.54) is 22.8 Å². The van der Waals surface area contributed by atoms with E-state index in [-0.39, 0.29) is 23.5 Å². The molecule has 9 heteroatoms. The molecule has 0 spiro atoms. The second-order valence-corrected chi connectivity index (χ2v) is 8.88.